The van der Waals surface area contributed by atoms with Crippen LogP contribution in [0.15, 0.2) is 48.8 Å². The Bertz CT molecular complexity index is 753. The molecule has 2 heterocycles. The molecule has 2 aromatic rings. The summed E-state index contributed by atoms with van der Waals surface area (Å²) >= 11 is 0. The van der Waals surface area contributed by atoms with E-state index in [0.717, 1.165) is 30.4 Å². The molecule has 150 valence electrons. The van der Waals surface area contributed by atoms with Crippen LogP contribution < -0.4 is 5.32 Å². The van der Waals surface area contributed by atoms with Crippen LogP contribution in [0.5, 0.6) is 0 Å². The predicted molar refractivity (Wildman–Crippen MR) is 110 cm³/mol. The molecule has 1 atom stereocenters. The average molecular weight is 383 g/mol. The van der Waals surface area contributed by atoms with Gasteiger partial charge in [0.1, 0.15) is 0 Å². The van der Waals surface area contributed by atoms with Crippen LogP contribution in [0.1, 0.15) is 31.7 Å². The normalized spacial score (nSPS) is 17.1. The maximum absolute atomic E-state index is 13.2. The highest BCUT2D eigenvalue weighted by Crippen LogP contribution is 2.35. The van der Waals surface area contributed by atoms with Crippen molar-refractivity contribution < 1.29 is 14.3 Å². The van der Waals surface area contributed by atoms with E-state index in [9.17, 15) is 4.79 Å². The lowest BCUT2D eigenvalue weighted by atomic mass is 9.74. The third-order valence-corrected chi connectivity index (χ3v) is 5.69. The second-order valence-corrected chi connectivity index (χ2v) is 7.48. The van der Waals surface area contributed by atoms with Gasteiger partial charge in [-0.1, -0.05) is 31.2 Å². The van der Waals surface area contributed by atoms with E-state index in [2.05, 4.69) is 41.5 Å². The maximum Gasteiger partial charge on any atom is 0.226 e. The zero-order valence-electron chi connectivity index (χ0n) is 16.8. The van der Waals surface area contributed by atoms with Gasteiger partial charge in [-0.05, 0) is 54.5 Å². The van der Waals surface area contributed by atoms with E-state index in [1.165, 1.54) is 5.56 Å². The Morgan fingerprint density at radius 2 is 1.96 bits per heavy atom. The number of nitrogens with one attached hydrogen (secondary N) is 1. The van der Waals surface area contributed by atoms with Gasteiger partial charge < -0.3 is 14.8 Å². The third-order valence-electron chi connectivity index (χ3n) is 5.69. The molecule has 1 aliphatic heterocycles. The molecule has 5 heteroatoms. The fourth-order valence-corrected chi connectivity index (χ4v) is 3.83. The number of aromatic nitrogens is 1. The van der Waals surface area contributed by atoms with E-state index >= 15 is 0 Å². The molecule has 1 aromatic carbocycles. The van der Waals surface area contributed by atoms with Crippen molar-refractivity contribution in [3.63, 3.8) is 0 Å². The van der Waals surface area contributed by atoms with Gasteiger partial charge in [-0.15, -0.1) is 0 Å². The molecule has 28 heavy (non-hydrogen) atoms. The zero-order valence-corrected chi connectivity index (χ0v) is 16.8. The fraction of sp³-hybridized carbons (Fsp3) is 0.478. The highest BCUT2D eigenvalue weighted by Gasteiger charge is 2.40. The number of pyridine rings is 1. The Labute approximate surface area is 167 Å². The molecule has 1 fully saturated rings. The van der Waals surface area contributed by atoms with Crippen LogP contribution in [0.25, 0.3) is 11.1 Å². The molecule has 0 bridgehead atoms. The molecule has 0 radical (unpaired) electrons. The van der Waals surface area contributed by atoms with E-state index in [4.69, 9.17) is 9.47 Å². The predicted octanol–water partition coefficient (Wildman–Crippen LogP) is 3.63. The first-order valence-electron chi connectivity index (χ1n) is 10.0. The number of amides is 1. The van der Waals surface area contributed by atoms with E-state index in [0.29, 0.717) is 26.2 Å². The first kappa shape index (κ1) is 20.5. The van der Waals surface area contributed by atoms with Gasteiger partial charge in [-0.2, -0.15) is 0 Å². The second kappa shape index (κ2) is 9.80. The summed E-state index contributed by atoms with van der Waals surface area (Å²) in [6, 6.07) is 12.5. The van der Waals surface area contributed by atoms with Gasteiger partial charge in [-0.25, -0.2) is 0 Å². The summed E-state index contributed by atoms with van der Waals surface area (Å²) < 4.78 is 11.0. The van der Waals surface area contributed by atoms with E-state index in [1.54, 1.807) is 19.5 Å². The van der Waals surface area contributed by atoms with E-state index in [1.807, 2.05) is 12.1 Å². The van der Waals surface area contributed by atoms with Crippen LogP contribution in [-0.2, 0) is 20.7 Å². The summed E-state index contributed by atoms with van der Waals surface area (Å²) in [5, 5.41) is 3.13. The van der Waals surface area contributed by atoms with Crippen LogP contribution in [0.4, 0.5) is 0 Å². The maximum atomic E-state index is 13.2. The SMILES string of the molecule is CC[C@H](CNC(=O)C1(Cc2cccc(-c3ccncc3)c2)CCOCC1)OC. The molecule has 0 aliphatic carbocycles. The van der Waals surface area contributed by atoms with Gasteiger partial charge in [0.2, 0.25) is 5.91 Å². The minimum absolute atomic E-state index is 0.0517. The summed E-state index contributed by atoms with van der Waals surface area (Å²) in [5.41, 5.74) is 3.02. The summed E-state index contributed by atoms with van der Waals surface area (Å²) in [6.45, 7) is 3.86. The second-order valence-electron chi connectivity index (χ2n) is 7.48. The number of carbonyl (C=O) groups is 1. The Hall–Kier alpha value is -2.24. The van der Waals surface area contributed by atoms with Crippen LogP contribution in [-0.4, -0.2) is 43.9 Å². The fourth-order valence-electron chi connectivity index (χ4n) is 3.83. The molecular formula is C23H30N2O3. The van der Waals surface area contributed by atoms with E-state index in [-0.39, 0.29) is 12.0 Å². The van der Waals surface area contributed by atoms with Gasteiger partial charge in [0.25, 0.3) is 0 Å². The smallest absolute Gasteiger partial charge is 0.226 e. The molecular weight excluding hydrogens is 352 g/mol. The molecule has 5 nitrogen and oxygen atoms in total. The van der Waals surface area contributed by atoms with Gasteiger partial charge in [0, 0.05) is 39.3 Å². The van der Waals surface area contributed by atoms with E-state index < -0.39 is 5.41 Å². The third kappa shape index (κ3) is 4.97. The molecule has 1 amide bonds. The van der Waals surface area contributed by atoms with Gasteiger partial charge in [0.15, 0.2) is 0 Å². The number of methoxy groups -OCH3 is 1. The molecule has 1 aliphatic rings. The number of carbonyl (C=O) groups excluding carboxylic acids is 1. The Balaban J connectivity index is 1.78. The molecule has 0 unspecified atom stereocenters. The number of hydrogen-bond acceptors (Lipinski definition) is 4. The average Bonchev–Trinajstić information content (AvgIpc) is 2.76. The summed E-state index contributed by atoms with van der Waals surface area (Å²) in [7, 11) is 1.69. The highest BCUT2D eigenvalue weighted by molar-refractivity contribution is 5.83. The zero-order chi connectivity index (χ0) is 19.8. The first-order chi connectivity index (χ1) is 13.7. The topological polar surface area (TPSA) is 60.5 Å². The van der Waals surface area contributed by atoms with Crippen molar-refractivity contribution in [1.29, 1.82) is 0 Å². The number of hydrogen-bond donors (Lipinski definition) is 1. The summed E-state index contributed by atoms with van der Waals surface area (Å²) in [4.78, 5) is 17.3. The lowest BCUT2D eigenvalue weighted by molar-refractivity contribution is -0.137. The van der Waals surface area contributed by atoms with Gasteiger partial charge >= 0.3 is 0 Å². The lowest BCUT2D eigenvalue weighted by Crippen LogP contribution is -2.48. The molecule has 0 saturated carbocycles. The van der Waals surface area contributed by atoms with Crippen molar-refractivity contribution >= 4 is 5.91 Å². The summed E-state index contributed by atoms with van der Waals surface area (Å²) in [5.74, 6) is 0.112. The Kier molecular flexibility index (Phi) is 7.18. The van der Waals surface area contributed by atoms with Crippen molar-refractivity contribution in [3.8, 4) is 11.1 Å². The Morgan fingerprint density at radius 3 is 2.64 bits per heavy atom. The van der Waals surface area contributed by atoms with Crippen LogP contribution >= 0.6 is 0 Å². The molecule has 1 aromatic heterocycles. The largest absolute Gasteiger partial charge is 0.381 e. The van der Waals surface area contributed by atoms with Crippen molar-refractivity contribution in [2.75, 3.05) is 26.9 Å². The summed E-state index contributed by atoms with van der Waals surface area (Å²) in [6.07, 6.45) is 6.72. The minimum atomic E-state index is -0.429. The van der Waals surface area contributed by atoms with Crippen molar-refractivity contribution in [2.45, 2.75) is 38.7 Å². The molecule has 1 N–H and O–H groups in total. The van der Waals surface area contributed by atoms with Crippen molar-refractivity contribution in [2.24, 2.45) is 5.41 Å². The number of ether oxygens (including phenoxy) is 2. The monoisotopic (exact) mass is 382 g/mol. The molecule has 1 saturated heterocycles. The van der Waals surface area contributed by atoms with Crippen molar-refractivity contribution in [3.05, 3.63) is 54.4 Å². The van der Waals surface area contributed by atoms with Crippen molar-refractivity contribution in [1.82, 2.24) is 10.3 Å². The number of nitrogens with zero attached hydrogens (tertiary/aromatic N) is 1. The number of benzene rings is 1. The quantitative estimate of drug-likeness (QED) is 0.757. The standard InChI is InChI=1S/C23H30N2O3/c1-3-21(27-2)17-25-22(26)23(9-13-28-14-10-23)16-18-5-4-6-20(15-18)19-7-11-24-12-8-19/h4-8,11-12,15,21H,3,9-10,13-14,16-17H2,1-2H3,(H,25,26)/t21-/m1/s1. The lowest BCUT2D eigenvalue weighted by Gasteiger charge is -2.36. The van der Waals surface area contributed by atoms with Crippen LogP contribution in [0.3, 0.4) is 0 Å². The first-order valence-corrected chi connectivity index (χ1v) is 10.0. The van der Waals surface area contributed by atoms with Gasteiger partial charge in [-0.3, -0.25) is 9.78 Å². The molecule has 0 spiro atoms. The number of rotatable bonds is 8. The van der Waals surface area contributed by atoms with Gasteiger partial charge in [0.05, 0.1) is 11.5 Å². The highest BCUT2D eigenvalue weighted by atomic mass is 16.5. The van der Waals surface area contributed by atoms with Crippen LogP contribution in [0, 0.1) is 5.41 Å². The minimum Gasteiger partial charge on any atom is -0.381 e. The Morgan fingerprint density at radius 1 is 1.21 bits per heavy atom. The van der Waals surface area contributed by atoms with Crippen LogP contribution in [0.2, 0.25) is 0 Å². The molecule has 3 rings (SSSR count).